The van der Waals surface area contributed by atoms with E-state index in [2.05, 4.69) is 32.3 Å². The van der Waals surface area contributed by atoms with Crippen molar-refractivity contribution in [2.45, 2.75) is 39.7 Å². The molecule has 0 aromatic heterocycles. The number of benzene rings is 1. The summed E-state index contributed by atoms with van der Waals surface area (Å²) in [5.41, 5.74) is 6.37. The van der Waals surface area contributed by atoms with Gasteiger partial charge in [0, 0.05) is 18.8 Å². The molecule has 108 valence electrons. The second-order valence-electron chi connectivity index (χ2n) is 4.82. The van der Waals surface area contributed by atoms with E-state index in [1.807, 2.05) is 6.07 Å². The summed E-state index contributed by atoms with van der Waals surface area (Å²) in [6, 6.07) is 4.24. The highest BCUT2D eigenvalue weighted by Gasteiger charge is 2.17. The molecule has 0 spiro atoms. The molecule has 1 rings (SSSR count). The van der Waals surface area contributed by atoms with Crippen LogP contribution in [0.2, 0.25) is 0 Å². The van der Waals surface area contributed by atoms with Gasteiger partial charge >= 0.3 is 0 Å². The maximum atomic E-state index is 5.69. The van der Waals surface area contributed by atoms with Crippen LogP contribution in [0.5, 0.6) is 5.75 Å². The van der Waals surface area contributed by atoms with Crippen LogP contribution < -0.4 is 16.0 Å². The normalized spacial score (nSPS) is 12.5. The number of nitrogens with one attached hydrogen (secondary N) is 1. The standard InChI is InChI=1S/C15H26N2O2/c1-5-7-19-8-6-13(17-16)15-12(3)9-11(2)10-14(15)18-4/h9-10,13,17H,5-8,16H2,1-4H3. The van der Waals surface area contributed by atoms with E-state index in [1.165, 1.54) is 11.1 Å². The first-order chi connectivity index (χ1) is 9.13. The van der Waals surface area contributed by atoms with Crippen molar-refractivity contribution >= 4 is 0 Å². The van der Waals surface area contributed by atoms with Gasteiger partial charge in [0.1, 0.15) is 5.75 Å². The second kappa shape index (κ2) is 8.15. The fourth-order valence-corrected chi connectivity index (χ4v) is 2.31. The maximum Gasteiger partial charge on any atom is 0.124 e. The zero-order chi connectivity index (χ0) is 14.3. The van der Waals surface area contributed by atoms with Crippen LogP contribution in [0.25, 0.3) is 0 Å². The van der Waals surface area contributed by atoms with Crippen molar-refractivity contribution in [1.82, 2.24) is 5.43 Å². The molecule has 1 aromatic carbocycles. The van der Waals surface area contributed by atoms with Gasteiger partial charge in [-0.05, 0) is 43.9 Å². The highest BCUT2D eigenvalue weighted by Crippen LogP contribution is 2.31. The number of hydrogen-bond acceptors (Lipinski definition) is 4. The van der Waals surface area contributed by atoms with Crippen molar-refractivity contribution in [2.24, 2.45) is 5.84 Å². The first-order valence-corrected chi connectivity index (χ1v) is 6.83. The lowest BCUT2D eigenvalue weighted by atomic mass is 9.96. The molecule has 1 atom stereocenters. The number of aryl methyl sites for hydroxylation is 2. The quantitative estimate of drug-likeness (QED) is 0.431. The Hall–Kier alpha value is -1.10. The third kappa shape index (κ3) is 4.49. The van der Waals surface area contributed by atoms with E-state index in [0.717, 1.165) is 30.8 Å². The molecule has 4 nitrogen and oxygen atoms in total. The summed E-state index contributed by atoms with van der Waals surface area (Å²) < 4.78 is 11.0. The van der Waals surface area contributed by atoms with Gasteiger partial charge in [0.2, 0.25) is 0 Å². The van der Waals surface area contributed by atoms with Crippen LogP contribution in [-0.2, 0) is 4.74 Å². The van der Waals surface area contributed by atoms with Crippen LogP contribution >= 0.6 is 0 Å². The highest BCUT2D eigenvalue weighted by atomic mass is 16.5. The molecule has 0 aliphatic carbocycles. The minimum atomic E-state index is 0.0485. The van der Waals surface area contributed by atoms with Crippen molar-refractivity contribution < 1.29 is 9.47 Å². The number of nitrogens with two attached hydrogens (primary N) is 1. The van der Waals surface area contributed by atoms with E-state index >= 15 is 0 Å². The minimum absolute atomic E-state index is 0.0485. The lowest BCUT2D eigenvalue weighted by Crippen LogP contribution is -2.30. The largest absolute Gasteiger partial charge is 0.496 e. The predicted molar refractivity (Wildman–Crippen MR) is 78.3 cm³/mol. The van der Waals surface area contributed by atoms with Crippen LogP contribution in [0.3, 0.4) is 0 Å². The molecular formula is C15H26N2O2. The van der Waals surface area contributed by atoms with Crippen LogP contribution in [0.15, 0.2) is 12.1 Å². The predicted octanol–water partition coefficient (Wildman–Crippen LogP) is 2.63. The van der Waals surface area contributed by atoms with Gasteiger partial charge in [0.15, 0.2) is 0 Å². The van der Waals surface area contributed by atoms with E-state index in [4.69, 9.17) is 15.3 Å². The Labute approximate surface area is 116 Å². The van der Waals surface area contributed by atoms with E-state index in [-0.39, 0.29) is 6.04 Å². The molecule has 0 heterocycles. The number of ether oxygens (including phenoxy) is 2. The molecule has 0 radical (unpaired) electrons. The molecule has 0 saturated heterocycles. The van der Waals surface area contributed by atoms with Gasteiger partial charge in [-0.3, -0.25) is 11.3 Å². The summed E-state index contributed by atoms with van der Waals surface area (Å²) in [6.07, 6.45) is 1.87. The van der Waals surface area contributed by atoms with Crippen LogP contribution in [0.4, 0.5) is 0 Å². The third-order valence-electron chi connectivity index (χ3n) is 3.16. The summed E-state index contributed by atoms with van der Waals surface area (Å²) in [4.78, 5) is 0. The van der Waals surface area contributed by atoms with E-state index in [1.54, 1.807) is 7.11 Å². The number of methoxy groups -OCH3 is 1. The number of hydrazine groups is 1. The topological polar surface area (TPSA) is 56.5 Å². The van der Waals surface area contributed by atoms with Crippen molar-refractivity contribution in [2.75, 3.05) is 20.3 Å². The van der Waals surface area contributed by atoms with E-state index in [0.29, 0.717) is 6.61 Å². The fraction of sp³-hybridized carbons (Fsp3) is 0.600. The van der Waals surface area contributed by atoms with Crippen molar-refractivity contribution in [3.05, 3.63) is 28.8 Å². The molecule has 0 fully saturated rings. The molecule has 0 amide bonds. The molecule has 0 aliphatic rings. The Kier molecular flexibility index (Phi) is 6.84. The second-order valence-corrected chi connectivity index (χ2v) is 4.82. The maximum absolute atomic E-state index is 5.69. The smallest absolute Gasteiger partial charge is 0.124 e. The zero-order valence-electron chi connectivity index (χ0n) is 12.5. The van der Waals surface area contributed by atoms with Gasteiger partial charge in [0.25, 0.3) is 0 Å². The Morgan fingerprint density at radius 3 is 2.58 bits per heavy atom. The zero-order valence-corrected chi connectivity index (χ0v) is 12.5. The summed E-state index contributed by atoms with van der Waals surface area (Å²) in [5.74, 6) is 6.57. The molecule has 4 heteroatoms. The van der Waals surface area contributed by atoms with Gasteiger partial charge in [0.05, 0.1) is 13.2 Å². The SMILES string of the molecule is CCCOCCC(NN)c1c(C)cc(C)cc1OC. The number of hydrogen-bond donors (Lipinski definition) is 2. The Balaban J connectivity index is 2.85. The van der Waals surface area contributed by atoms with Gasteiger partial charge in [-0.2, -0.15) is 0 Å². The minimum Gasteiger partial charge on any atom is -0.496 e. The van der Waals surface area contributed by atoms with E-state index in [9.17, 15) is 0 Å². The van der Waals surface area contributed by atoms with Crippen molar-refractivity contribution in [1.29, 1.82) is 0 Å². The Morgan fingerprint density at radius 1 is 1.26 bits per heavy atom. The van der Waals surface area contributed by atoms with Crippen LogP contribution in [0, 0.1) is 13.8 Å². The molecule has 19 heavy (non-hydrogen) atoms. The van der Waals surface area contributed by atoms with E-state index < -0.39 is 0 Å². The number of rotatable bonds is 8. The summed E-state index contributed by atoms with van der Waals surface area (Å²) in [7, 11) is 1.69. The molecule has 1 aromatic rings. The Bertz CT molecular complexity index is 394. The summed E-state index contributed by atoms with van der Waals surface area (Å²) in [6.45, 7) is 7.74. The van der Waals surface area contributed by atoms with Gasteiger partial charge in [-0.15, -0.1) is 0 Å². The third-order valence-corrected chi connectivity index (χ3v) is 3.16. The highest BCUT2D eigenvalue weighted by molar-refractivity contribution is 5.45. The average Bonchev–Trinajstić information content (AvgIpc) is 2.39. The van der Waals surface area contributed by atoms with Crippen LogP contribution in [-0.4, -0.2) is 20.3 Å². The van der Waals surface area contributed by atoms with Gasteiger partial charge in [-0.1, -0.05) is 13.0 Å². The molecule has 0 aliphatic heterocycles. The molecule has 1 unspecified atom stereocenters. The molecule has 3 N–H and O–H groups in total. The first kappa shape index (κ1) is 16.0. The molecule has 0 saturated carbocycles. The average molecular weight is 266 g/mol. The lowest BCUT2D eigenvalue weighted by Gasteiger charge is -2.22. The lowest BCUT2D eigenvalue weighted by molar-refractivity contribution is 0.124. The summed E-state index contributed by atoms with van der Waals surface area (Å²) in [5, 5.41) is 0. The molecular weight excluding hydrogens is 240 g/mol. The Morgan fingerprint density at radius 2 is 2.00 bits per heavy atom. The van der Waals surface area contributed by atoms with Gasteiger partial charge < -0.3 is 9.47 Å². The van der Waals surface area contributed by atoms with Crippen molar-refractivity contribution in [3.8, 4) is 5.75 Å². The van der Waals surface area contributed by atoms with Crippen molar-refractivity contribution in [3.63, 3.8) is 0 Å². The summed E-state index contributed by atoms with van der Waals surface area (Å²) >= 11 is 0. The monoisotopic (exact) mass is 266 g/mol. The fourth-order valence-electron chi connectivity index (χ4n) is 2.31. The van der Waals surface area contributed by atoms with Crippen LogP contribution in [0.1, 0.15) is 42.5 Å². The molecule has 0 bridgehead atoms. The first-order valence-electron chi connectivity index (χ1n) is 6.83. The van der Waals surface area contributed by atoms with Gasteiger partial charge in [-0.25, -0.2) is 0 Å².